The van der Waals surface area contributed by atoms with E-state index in [1.165, 1.54) is 30.5 Å². The number of aromatic nitrogens is 1. The van der Waals surface area contributed by atoms with Gasteiger partial charge >= 0.3 is 5.97 Å². The Labute approximate surface area is 153 Å². The van der Waals surface area contributed by atoms with Crippen molar-refractivity contribution in [1.82, 2.24) is 4.98 Å². The minimum Gasteiger partial charge on any atom is -0.448 e. The molecule has 5 nitrogen and oxygen atoms in total. The number of hydrogen-bond donors (Lipinski definition) is 1. The van der Waals surface area contributed by atoms with Gasteiger partial charge in [0.05, 0.1) is 10.0 Å². The van der Waals surface area contributed by atoms with Crippen LogP contribution in [0, 0.1) is 6.92 Å². The summed E-state index contributed by atoms with van der Waals surface area (Å²) in [6.07, 6.45) is 1.22. The minimum atomic E-state index is -0.987. The molecule has 0 radical (unpaired) electrons. The summed E-state index contributed by atoms with van der Waals surface area (Å²) in [4.78, 5) is 29.8. The van der Waals surface area contributed by atoms with Gasteiger partial charge in [0.25, 0.3) is 5.91 Å². The molecule has 2 heterocycles. The Hall–Kier alpha value is -1.63. The first-order chi connectivity index (χ1) is 11.3. The summed E-state index contributed by atoms with van der Waals surface area (Å²) in [6, 6.07) is 3.23. The molecule has 0 aliphatic heterocycles. The Morgan fingerprint density at radius 1 is 1.38 bits per heavy atom. The lowest BCUT2D eigenvalue weighted by Crippen LogP contribution is -2.30. The molecule has 0 aliphatic rings. The SMILES string of the molecule is CCc1sc(C(=O)OC(C)C(=O)Nc2ncc(Cl)cc2Cl)cc1C. The second-order valence-electron chi connectivity index (χ2n) is 5.09. The molecule has 1 N–H and O–H groups in total. The van der Waals surface area contributed by atoms with Crippen molar-refractivity contribution in [3.8, 4) is 0 Å². The molecular weight excluding hydrogens is 371 g/mol. The predicted molar refractivity (Wildman–Crippen MR) is 96.2 cm³/mol. The average molecular weight is 387 g/mol. The smallest absolute Gasteiger partial charge is 0.349 e. The number of thiophene rings is 1. The number of hydrogen-bond acceptors (Lipinski definition) is 5. The zero-order valence-electron chi connectivity index (χ0n) is 13.4. The van der Waals surface area contributed by atoms with E-state index in [0.29, 0.717) is 9.90 Å². The number of nitrogens with one attached hydrogen (secondary N) is 1. The molecule has 0 fully saturated rings. The molecule has 1 atom stereocenters. The quantitative estimate of drug-likeness (QED) is 0.767. The Morgan fingerprint density at radius 2 is 2.08 bits per heavy atom. The van der Waals surface area contributed by atoms with Crippen molar-refractivity contribution in [3.63, 3.8) is 0 Å². The predicted octanol–water partition coefficient (Wildman–Crippen LogP) is 4.50. The van der Waals surface area contributed by atoms with Crippen LogP contribution in [0.25, 0.3) is 0 Å². The number of amides is 1. The monoisotopic (exact) mass is 386 g/mol. The number of nitrogens with zero attached hydrogens (tertiary/aromatic N) is 1. The van der Waals surface area contributed by atoms with Gasteiger partial charge in [0.2, 0.25) is 0 Å². The highest BCUT2D eigenvalue weighted by molar-refractivity contribution is 7.14. The van der Waals surface area contributed by atoms with Crippen molar-refractivity contribution < 1.29 is 14.3 Å². The van der Waals surface area contributed by atoms with Gasteiger partial charge in [-0.1, -0.05) is 30.1 Å². The van der Waals surface area contributed by atoms with E-state index in [1.54, 1.807) is 6.07 Å². The second-order valence-corrected chi connectivity index (χ2v) is 7.07. The maximum atomic E-state index is 12.2. The van der Waals surface area contributed by atoms with E-state index < -0.39 is 18.0 Å². The molecule has 2 aromatic heterocycles. The lowest BCUT2D eigenvalue weighted by molar-refractivity contribution is -0.123. The Balaban J connectivity index is 2.01. The Bertz CT molecular complexity index is 777. The van der Waals surface area contributed by atoms with Gasteiger partial charge in [-0.05, 0) is 38.0 Å². The van der Waals surface area contributed by atoms with E-state index in [-0.39, 0.29) is 10.8 Å². The lowest BCUT2D eigenvalue weighted by atomic mass is 10.2. The highest BCUT2D eigenvalue weighted by Crippen LogP contribution is 2.24. The molecule has 0 aromatic carbocycles. The van der Waals surface area contributed by atoms with Gasteiger partial charge in [-0.2, -0.15) is 0 Å². The fraction of sp³-hybridized carbons (Fsp3) is 0.312. The molecule has 1 unspecified atom stereocenters. The molecule has 2 aromatic rings. The molecule has 1 amide bonds. The largest absolute Gasteiger partial charge is 0.448 e. The topological polar surface area (TPSA) is 68.3 Å². The zero-order valence-corrected chi connectivity index (χ0v) is 15.7. The number of carbonyl (C=O) groups is 2. The van der Waals surface area contributed by atoms with Gasteiger partial charge in [-0.15, -0.1) is 11.3 Å². The molecule has 0 bridgehead atoms. The van der Waals surface area contributed by atoms with Crippen LogP contribution in [0.4, 0.5) is 5.82 Å². The van der Waals surface area contributed by atoms with Gasteiger partial charge < -0.3 is 10.1 Å². The summed E-state index contributed by atoms with van der Waals surface area (Å²) in [5.41, 5.74) is 1.05. The molecule has 128 valence electrons. The third-order valence-electron chi connectivity index (χ3n) is 3.25. The molecule has 0 spiro atoms. The van der Waals surface area contributed by atoms with Crippen molar-refractivity contribution in [2.24, 2.45) is 0 Å². The van der Waals surface area contributed by atoms with Gasteiger partial charge in [-0.3, -0.25) is 4.79 Å². The van der Waals surface area contributed by atoms with Crippen LogP contribution >= 0.6 is 34.5 Å². The number of anilines is 1. The molecule has 0 saturated heterocycles. The standard InChI is InChI=1S/C16H16Cl2N2O3S/c1-4-12-8(2)5-13(24-12)16(22)23-9(3)15(21)20-14-11(18)6-10(17)7-19-14/h5-7,9H,4H2,1-3H3,(H,19,20,21). The second kappa shape index (κ2) is 7.96. The number of ether oxygens (including phenoxy) is 1. The van der Waals surface area contributed by atoms with Crippen LogP contribution in [0.3, 0.4) is 0 Å². The van der Waals surface area contributed by atoms with E-state index in [9.17, 15) is 9.59 Å². The maximum Gasteiger partial charge on any atom is 0.349 e. The van der Waals surface area contributed by atoms with Crippen LogP contribution in [0.15, 0.2) is 18.3 Å². The van der Waals surface area contributed by atoms with E-state index in [2.05, 4.69) is 10.3 Å². The van der Waals surface area contributed by atoms with Gasteiger partial charge in [0.15, 0.2) is 11.9 Å². The fourth-order valence-corrected chi connectivity index (χ4v) is 3.39. The number of pyridine rings is 1. The first-order valence-electron chi connectivity index (χ1n) is 7.24. The highest BCUT2D eigenvalue weighted by Gasteiger charge is 2.22. The van der Waals surface area contributed by atoms with Gasteiger partial charge in [0.1, 0.15) is 4.88 Å². The van der Waals surface area contributed by atoms with Crippen LogP contribution < -0.4 is 5.32 Å². The van der Waals surface area contributed by atoms with E-state index in [4.69, 9.17) is 27.9 Å². The summed E-state index contributed by atoms with van der Waals surface area (Å²) < 4.78 is 5.21. The van der Waals surface area contributed by atoms with Gasteiger partial charge in [0, 0.05) is 11.1 Å². The summed E-state index contributed by atoms with van der Waals surface area (Å²) in [5, 5.41) is 3.07. The Morgan fingerprint density at radius 3 is 2.67 bits per heavy atom. The highest BCUT2D eigenvalue weighted by atomic mass is 35.5. The number of carbonyl (C=O) groups excluding carboxylic acids is 2. The third-order valence-corrected chi connectivity index (χ3v) is 5.10. The van der Waals surface area contributed by atoms with Gasteiger partial charge in [-0.25, -0.2) is 9.78 Å². The molecule has 24 heavy (non-hydrogen) atoms. The molecule has 0 aliphatic carbocycles. The van der Waals surface area contributed by atoms with Crippen molar-refractivity contribution in [1.29, 1.82) is 0 Å². The van der Waals surface area contributed by atoms with E-state index in [0.717, 1.165) is 16.9 Å². The van der Waals surface area contributed by atoms with E-state index >= 15 is 0 Å². The summed E-state index contributed by atoms with van der Waals surface area (Å²) in [7, 11) is 0. The average Bonchev–Trinajstić information content (AvgIpc) is 2.91. The first-order valence-corrected chi connectivity index (χ1v) is 8.81. The summed E-state index contributed by atoms with van der Waals surface area (Å²) >= 11 is 13.1. The number of rotatable bonds is 5. The normalized spacial score (nSPS) is 11.9. The maximum absolute atomic E-state index is 12.2. The van der Waals surface area contributed by atoms with Crippen molar-refractivity contribution >= 4 is 52.2 Å². The zero-order chi connectivity index (χ0) is 17.9. The minimum absolute atomic E-state index is 0.161. The lowest BCUT2D eigenvalue weighted by Gasteiger charge is -2.13. The summed E-state index contributed by atoms with van der Waals surface area (Å²) in [6.45, 7) is 5.45. The number of halogens is 2. The molecular formula is C16H16Cl2N2O3S. The number of esters is 1. The van der Waals surface area contributed by atoms with Crippen LogP contribution in [-0.2, 0) is 16.0 Å². The molecule has 0 saturated carbocycles. The first kappa shape index (κ1) is 18.7. The van der Waals surface area contributed by atoms with Crippen LogP contribution in [0.1, 0.15) is 34.0 Å². The fourth-order valence-electron chi connectivity index (χ4n) is 1.97. The third kappa shape index (κ3) is 4.47. The van der Waals surface area contributed by atoms with Crippen molar-refractivity contribution in [2.45, 2.75) is 33.3 Å². The molecule has 8 heteroatoms. The van der Waals surface area contributed by atoms with Crippen LogP contribution in [0.2, 0.25) is 10.0 Å². The summed E-state index contributed by atoms with van der Waals surface area (Å²) in [5.74, 6) is -0.890. The van der Waals surface area contributed by atoms with Crippen LogP contribution in [-0.4, -0.2) is 23.0 Å². The van der Waals surface area contributed by atoms with Crippen molar-refractivity contribution in [2.75, 3.05) is 5.32 Å². The van der Waals surface area contributed by atoms with Crippen molar-refractivity contribution in [3.05, 3.63) is 43.7 Å². The van der Waals surface area contributed by atoms with E-state index in [1.807, 2.05) is 13.8 Å². The number of aryl methyl sites for hydroxylation is 2. The Kier molecular flexibility index (Phi) is 6.21. The molecule has 2 rings (SSSR count). The van der Waals surface area contributed by atoms with Crippen LogP contribution in [0.5, 0.6) is 0 Å².